The van der Waals surface area contributed by atoms with Crippen molar-refractivity contribution in [2.45, 2.75) is 56.7 Å². The summed E-state index contributed by atoms with van der Waals surface area (Å²) in [5.74, 6) is 7.13. The third-order valence-electron chi connectivity index (χ3n) is 8.37. The highest BCUT2D eigenvalue weighted by Crippen LogP contribution is 2.39. The number of hydrogen-bond donors (Lipinski definition) is 3. The second-order valence-electron chi connectivity index (χ2n) is 11.6. The zero-order valence-electron chi connectivity index (χ0n) is 23.0. The van der Waals surface area contributed by atoms with Crippen molar-refractivity contribution < 1.29 is 10.2 Å². The smallest absolute Gasteiger partial charge is 0.169 e. The van der Waals surface area contributed by atoms with E-state index in [4.69, 9.17) is 5.73 Å². The average Bonchev–Trinajstić information content (AvgIpc) is 3.08. The first-order chi connectivity index (χ1) is 19.4. The van der Waals surface area contributed by atoms with Crippen LogP contribution in [0, 0.1) is 11.8 Å². The first-order valence-electron chi connectivity index (χ1n) is 14.2. The number of aromatic hydroxyl groups is 1. The van der Waals surface area contributed by atoms with Gasteiger partial charge in [-0.25, -0.2) is 4.98 Å². The molecule has 3 aliphatic heterocycles. The number of nitrogens with two attached hydrogens (primary N) is 1. The second kappa shape index (κ2) is 11.0. The minimum Gasteiger partial charge on any atom is -0.507 e. The van der Waals surface area contributed by atoms with E-state index in [9.17, 15) is 10.2 Å². The molecule has 0 aliphatic carbocycles. The minimum absolute atomic E-state index is 0.173. The number of nitrogen functional groups attached to an aromatic ring is 1. The summed E-state index contributed by atoms with van der Waals surface area (Å²) >= 11 is 0. The van der Waals surface area contributed by atoms with Gasteiger partial charge in [0.1, 0.15) is 11.4 Å². The van der Waals surface area contributed by atoms with Gasteiger partial charge in [0, 0.05) is 49.2 Å². The third-order valence-corrected chi connectivity index (χ3v) is 8.37. The number of β-amino-alcohol motifs (C(OH)–C–C–N with tert-alkyl or cyclic N) is 1. The van der Waals surface area contributed by atoms with Gasteiger partial charge in [0.05, 0.1) is 23.5 Å². The lowest BCUT2D eigenvalue weighted by Gasteiger charge is -2.43. The Morgan fingerprint density at radius 3 is 2.67 bits per heavy atom. The largest absolute Gasteiger partial charge is 0.507 e. The Bertz CT molecular complexity index is 1420. The summed E-state index contributed by atoms with van der Waals surface area (Å²) in [5.41, 5.74) is 9.70. The monoisotopic (exact) mass is 539 g/mol. The fraction of sp³-hybridized carbons (Fsp3) is 0.452. The molecule has 0 spiro atoms. The zero-order valence-corrected chi connectivity index (χ0v) is 23.0. The molecule has 0 saturated carbocycles. The van der Waals surface area contributed by atoms with Crippen LogP contribution in [-0.4, -0.2) is 80.7 Å². The molecule has 1 aromatic carbocycles. The van der Waals surface area contributed by atoms with Crippen LogP contribution in [0.15, 0.2) is 48.7 Å². The van der Waals surface area contributed by atoms with Crippen molar-refractivity contribution in [2.24, 2.45) is 0 Å². The highest BCUT2D eigenvalue weighted by molar-refractivity contribution is 5.74. The number of hydrogen-bond acceptors (Lipinski definition) is 9. The number of para-hydroxylation sites is 1. The first-order valence-corrected chi connectivity index (χ1v) is 14.2. The highest BCUT2D eigenvalue weighted by Gasteiger charge is 2.40. The normalized spacial score (nSPS) is 24.9. The number of benzene rings is 1. The maximum Gasteiger partial charge on any atom is 0.169 e. The molecule has 3 saturated heterocycles. The van der Waals surface area contributed by atoms with Crippen molar-refractivity contribution in [2.75, 3.05) is 48.3 Å². The van der Waals surface area contributed by atoms with Gasteiger partial charge in [0.2, 0.25) is 0 Å². The van der Waals surface area contributed by atoms with Gasteiger partial charge in [0.25, 0.3) is 0 Å². The van der Waals surface area contributed by atoms with Gasteiger partial charge in [-0.3, -0.25) is 4.90 Å². The van der Waals surface area contributed by atoms with Crippen LogP contribution in [0.2, 0.25) is 0 Å². The molecule has 3 unspecified atom stereocenters. The molecule has 5 heterocycles. The van der Waals surface area contributed by atoms with Gasteiger partial charge in [-0.05, 0) is 81.8 Å². The molecular formula is C31H37N7O2. The van der Waals surface area contributed by atoms with Crippen molar-refractivity contribution >= 4 is 17.2 Å². The number of anilines is 3. The van der Waals surface area contributed by atoms with E-state index in [1.54, 1.807) is 12.1 Å². The topological polar surface area (TPSA) is 115 Å². The fourth-order valence-electron chi connectivity index (χ4n) is 6.49. The van der Waals surface area contributed by atoms with Crippen LogP contribution in [0.25, 0.3) is 11.3 Å². The molecule has 6 rings (SSSR count). The maximum absolute atomic E-state index is 10.5. The molecule has 3 aromatic rings. The van der Waals surface area contributed by atoms with Gasteiger partial charge >= 0.3 is 0 Å². The van der Waals surface area contributed by atoms with Crippen LogP contribution >= 0.6 is 0 Å². The lowest BCUT2D eigenvalue weighted by atomic mass is 10.0. The van der Waals surface area contributed by atoms with E-state index in [-0.39, 0.29) is 5.75 Å². The fourth-order valence-corrected chi connectivity index (χ4v) is 6.49. The number of piperazine rings is 1. The van der Waals surface area contributed by atoms with Crippen LogP contribution in [0.3, 0.4) is 0 Å². The predicted octanol–water partition coefficient (Wildman–Crippen LogP) is 3.27. The Morgan fingerprint density at radius 2 is 1.88 bits per heavy atom. The van der Waals surface area contributed by atoms with Gasteiger partial charge in [-0.1, -0.05) is 18.1 Å². The van der Waals surface area contributed by atoms with Crippen LogP contribution in [0.5, 0.6) is 5.75 Å². The Morgan fingerprint density at radius 1 is 1.07 bits per heavy atom. The zero-order chi connectivity index (χ0) is 27.7. The number of fused-ring (bicyclic) bond motifs is 2. The second-order valence-corrected chi connectivity index (χ2v) is 11.6. The number of rotatable bonds is 4. The molecule has 2 bridgehead atoms. The SMILES string of the molecule is CC1(O)CCCCN(CC#Cc2cc(N3C4CCC3CN(c3cc(-c5ccccc5O)nnc3N)C4)ccn2)C1. The van der Waals surface area contributed by atoms with Gasteiger partial charge in [0.15, 0.2) is 5.82 Å². The Kier molecular flexibility index (Phi) is 7.22. The van der Waals surface area contributed by atoms with Crippen molar-refractivity contribution in [1.82, 2.24) is 20.1 Å². The van der Waals surface area contributed by atoms with Crippen molar-refractivity contribution in [3.8, 4) is 28.8 Å². The summed E-state index contributed by atoms with van der Waals surface area (Å²) in [6, 6.07) is 13.9. The summed E-state index contributed by atoms with van der Waals surface area (Å²) in [7, 11) is 0. The van der Waals surface area contributed by atoms with Crippen molar-refractivity contribution in [3.63, 3.8) is 0 Å². The van der Waals surface area contributed by atoms with E-state index in [2.05, 4.69) is 53.9 Å². The van der Waals surface area contributed by atoms with E-state index >= 15 is 0 Å². The molecule has 3 fully saturated rings. The van der Waals surface area contributed by atoms with E-state index in [1.165, 1.54) is 0 Å². The molecular weight excluding hydrogens is 502 g/mol. The summed E-state index contributed by atoms with van der Waals surface area (Å²) in [5, 5.41) is 29.3. The van der Waals surface area contributed by atoms with E-state index in [0.717, 1.165) is 68.8 Å². The number of phenols is 1. The Labute approximate surface area is 235 Å². The number of likely N-dealkylation sites (tertiary alicyclic amines) is 1. The van der Waals surface area contributed by atoms with Crippen LogP contribution < -0.4 is 15.5 Å². The van der Waals surface area contributed by atoms with Gasteiger partial charge < -0.3 is 25.7 Å². The van der Waals surface area contributed by atoms with E-state index in [0.29, 0.717) is 42.2 Å². The van der Waals surface area contributed by atoms with Crippen molar-refractivity contribution in [1.29, 1.82) is 0 Å². The van der Waals surface area contributed by atoms with E-state index in [1.807, 2.05) is 31.3 Å². The third kappa shape index (κ3) is 5.55. The van der Waals surface area contributed by atoms with Crippen LogP contribution in [0.1, 0.15) is 44.7 Å². The minimum atomic E-state index is -0.639. The first kappa shape index (κ1) is 26.4. The molecule has 208 valence electrons. The van der Waals surface area contributed by atoms with Crippen LogP contribution in [-0.2, 0) is 0 Å². The summed E-state index contributed by atoms with van der Waals surface area (Å²) in [4.78, 5) is 11.6. The molecule has 0 radical (unpaired) electrons. The molecule has 40 heavy (non-hydrogen) atoms. The standard InChI is InChI=1S/C31H37N7O2/c1-31(40)13-4-5-15-36(21-31)16-6-7-22-17-23(12-14-33-22)38-24-10-11-25(38)20-37(19-24)28-18-27(34-35-30(28)32)26-8-2-3-9-29(26)39/h2-3,8-9,12,14,17-18,24-25,39-40H,4-5,10-11,13,15-16,19-21H2,1H3,(H2,32,35). The Hall–Kier alpha value is -3.87. The van der Waals surface area contributed by atoms with Crippen LogP contribution in [0.4, 0.5) is 17.2 Å². The van der Waals surface area contributed by atoms with Crippen molar-refractivity contribution in [3.05, 3.63) is 54.4 Å². The molecule has 2 aromatic heterocycles. The molecule has 4 N–H and O–H groups in total. The molecule has 9 heteroatoms. The molecule has 9 nitrogen and oxygen atoms in total. The number of aromatic nitrogens is 3. The number of nitrogens with zero attached hydrogens (tertiary/aromatic N) is 6. The number of pyridine rings is 1. The number of aliphatic hydroxyl groups is 1. The summed E-state index contributed by atoms with van der Waals surface area (Å²) < 4.78 is 0. The van der Waals surface area contributed by atoms with Gasteiger partial charge in [-0.15, -0.1) is 10.2 Å². The molecule has 3 aliphatic rings. The summed E-state index contributed by atoms with van der Waals surface area (Å²) in [6.07, 6.45) is 7.05. The average molecular weight is 540 g/mol. The summed E-state index contributed by atoms with van der Waals surface area (Å²) in [6.45, 7) is 5.84. The quantitative estimate of drug-likeness (QED) is 0.430. The maximum atomic E-state index is 10.5. The lowest BCUT2D eigenvalue weighted by Crippen LogP contribution is -2.54. The van der Waals surface area contributed by atoms with E-state index < -0.39 is 5.60 Å². The predicted molar refractivity (Wildman–Crippen MR) is 157 cm³/mol. The highest BCUT2D eigenvalue weighted by atomic mass is 16.3. The Balaban J connectivity index is 1.16. The molecule has 0 amide bonds. The molecule has 3 atom stereocenters. The lowest BCUT2D eigenvalue weighted by molar-refractivity contribution is 0.0270. The van der Waals surface area contributed by atoms with Gasteiger partial charge in [-0.2, -0.15) is 0 Å². The number of phenolic OH excluding ortho intramolecular Hbond substituents is 1.